The highest BCUT2D eigenvalue weighted by atomic mass is 32.1. The summed E-state index contributed by atoms with van der Waals surface area (Å²) in [7, 11) is 1.64. The minimum Gasteiger partial charge on any atom is -0.496 e. The molecule has 1 N–H and O–H groups in total. The number of aromatic nitrogens is 2. The fourth-order valence-corrected chi connectivity index (χ4v) is 4.06. The molecule has 4 aromatic rings. The zero-order valence-electron chi connectivity index (χ0n) is 14.1. The van der Waals surface area contributed by atoms with E-state index in [2.05, 4.69) is 15.3 Å². The molecule has 0 atom stereocenters. The van der Waals surface area contributed by atoms with Crippen LogP contribution in [0.4, 0.5) is 5.13 Å². The quantitative estimate of drug-likeness (QED) is 0.541. The molecule has 0 radical (unpaired) electrons. The number of aryl methyl sites for hydroxylation is 1. The topological polar surface area (TPSA) is 64.1 Å². The molecule has 0 unspecified atom stereocenters. The summed E-state index contributed by atoms with van der Waals surface area (Å²) in [4.78, 5) is 21.3. The molecular weight excluding hydrogens is 366 g/mol. The van der Waals surface area contributed by atoms with Gasteiger partial charge in [0.15, 0.2) is 5.13 Å². The molecule has 1 amide bonds. The van der Waals surface area contributed by atoms with Crippen molar-refractivity contribution in [3.05, 3.63) is 58.4 Å². The molecule has 7 heteroatoms. The van der Waals surface area contributed by atoms with Gasteiger partial charge in [-0.25, -0.2) is 9.97 Å². The van der Waals surface area contributed by atoms with Crippen molar-refractivity contribution in [1.29, 1.82) is 0 Å². The summed E-state index contributed by atoms with van der Waals surface area (Å²) in [5.74, 6) is 0.576. The van der Waals surface area contributed by atoms with Gasteiger partial charge in [-0.15, -0.1) is 22.7 Å². The third-order valence-electron chi connectivity index (χ3n) is 3.95. The van der Waals surface area contributed by atoms with E-state index in [9.17, 15) is 4.79 Å². The Bertz CT molecular complexity index is 1100. The zero-order valence-corrected chi connectivity index (χ0v) is 15.8. The smallest absolute Gasteiger partial charge is 0.257 e. The van der Waals surface area contributed by atoms with Crippen LogP contribution < -0.4 is 10.1 Å². The van der Waals surface area contributed by atoms with E-state index in [1.54, 1.807) is 18.7 Å². The van der Waals surface area contributed by atoms with Gasteiger partial charge in [0.2, 0.25) is 0 Å². The van der Waals surface area contributed by atoms with Crippen molar-refractivity contribution in [3.8, 4) is 17.0 Å². The summed E-state index contributed by atoms with van der Waals surface area (Å²) >= 11 is 2.90. The fourth-order valence-electron chi connectivity index (χ4n) is 2.64. The first kappa shape index (κ1) is 16.7. The summed E-state index contributed by atoms with van der Waals surface area (Å²) in [6.07, 6.45) is 0. The lowest BCUT2D eigenvalue weighted by Gasteiger charge is -2.07. The molecule has 0 fully saturated rings. The van der Waals surface area contributed by atoms with Crippen LogP contribution in [0.1, 0.15) is 15.9 Å². The van der Waals surface area contributed by atoms with Crippen LogP contribution in [0.5, 0.6) is 5.75 Å². The normalized spacial score (nSPS) is 10.8. The van der Waals surface area contributed by atoms with E-state index < -0.39 is 0 Å². The highest BCUT2D eigenvalue weighted by molar-refractivity contribution is 7.16. The predicted molar refractivity (Wildman–Crippen MR) is 106 cm³/mol. The van der Waals surface area contributed by atoms with Crippen molar-refractivity contribution in [1.82, 2.24) is 9.97 Å². The summed E-state index contributed by atoms with van der Waals surface area (Å²) in [6, 6.07) is 11.4. The standard InChI is InChI=1S/C19H15N3O2S2/c1-11-3-6-16(24-2)13(7-11)15-9-25-19(21-15)22-18(23)12-4-5-14-17(8-12)26-10-20-14/h3-10H,1-2H3,(H,21,22,23). The van der Waals surface area contributed by atoms with Gasteiger partial charge in [0.05, 0.1) is 28.5 Å². The molecule has 0 spiro atoms. The van der Waals surface area contributed by atoms with Crippen LogP contribution >= 0.6 is 22.7 Å². The van der Waals surface area contributed by atoms with E-state index in [0.29, 0.717) is 10.7 Å². The number of nitrogens with one attached hydrogen (secondary N) is 1. The van der Waals surface area contributed by atoms with Gasteiger partial charge >= 0.3 is 0 Å². The molecule has 2 aromatic heterocycles. The first-order valence-electron chi connectivity index (χ1n) is 7.89. The van der Waals surface area contributed by atoms with E-state index in [1.165, 1.54) is 22.7 Å². The first-order chi connectivity index (χ1) is 12.6. The van der Waals surface area contributed by atoms with Gasteiger partial charge in [-0.3, -0.25) is 10.1 Å². The third-order valence-corrected chi connectivity index (χ3v) is 5.50. The fraction of sp³-hybridized carbons (Fsp3) is 0.105. The highest BCUT2D eigenvalue weighted by Crippen LogP contribution is 2.33. The highest BCUT2D eigenvalue weighted by Gasteiger charge is 2.13. The molecular formula is C19H15N3O2S2. The number of thiazole rings is 2. The predicted octanol–water partition coefficient (Wildman–Crippen LogP) is 4.99. The molecule has 2 heterocycles. The number of hydrogen-bond donors (Lipinski definition) is 1. The van der Waals surface area contributed by atoms with Crippen molar-refractivity contribution in [2.75, 3.05) is 12.4 Å². The van der Waals surface area contributed by atoms with Crippen LogP contribution in [0.2, 0.25) is 0 Å². The van der Waals surface area contributed by atoms with E-state index in [4.69, 9.17) is 4.74 Å². The molecule has 5 nitrogen and oxygen atoms in total. The van der Waals surface area contributed by atoms with Crippen LogP contribution in [-0.4, -0.2) is 23.0 Å². The first-order valence-corrected chi connectivity index (χ1v) is 9.65. The zero-order chi connectivity index (χ0) is 18.1. The number of amides is 1. The minimum absolute atomic E-state index is 0.183. The lowest BCUT2D eigenvalue weighted by molar-refractivity contribution is 0.102. The number of methoxy groups -OCH3 is 1. The van der Waals surface area contributed by atoms with Gasteiger partial charge in [-0.1, -0.05) is 11.6 Å². The Kier molecular flexibility index (Phi) is 4.40. The Morgan fingerprint density at radius 3 is 2.88 bits per heavy atom. The maximum atomic E-state index is 12.5. The van der Waals surface area contributed by atoms with Crippen LogP contribution in [-0.2, 0) is 0 Å². The van der Waals surface area contributed by atoms with Gasteiger partial charge in [0.1, 0.15) is 5.75 Å². The second-order valence-electron chi connectivity index (χ2n) is 5.73. The number of fused-ring (bicyclic) bond motifs is 1. The molecule has 2 aromatic carbocycles. The SMILES string of the molecule is COc1ccc(C)cc1-c1csc(NC(=O)c2ccc3ncsc3c2)n1. The number of ether oxygens (including phenoxy) is 1. The Hall–Kier alpha value is -2.77. The molecule has 0 aliphatic carbocycles. The summed E-state index contributed by atoms with van der Waals surface area (Å²) < 4.78 is 6.41. The van der Waals surface area contributed by atoms with Crippen molar-refractivity contribution in [2.24, 2.45) is 0 Å². The number of rotatable bonds is 4. The molecule has 0 saturated heterocycles. The van der Waals surface area contributed by atoms with Crippen molar-refractivity contribution >= 4 is 43.9 Å². The average molecular weight is 381 g/mol. The number of hydrogen-bond acceptors (Lipinski definition) is 6. The van der Waals surface area contributed by atoms with E-state index in [-0.39, 0.29) is 5.91 Å². The van der Waals surface area contributed by atoms with Crippen molar-refractivity contribution < 1.29 is 9.53 Å². The molecule has 0 bridgehead atoms. The summed E-state index contributed by atoms with van der Waals surface area (Å²) in [5.41, 5.74) is 6.08. The Balaban J connectivity index is 1.58. The van der Waals surface area contributed by atoms with E-state index in [1.807, 2.05) is 42.6 Å². The Morgan fingerprint density at radius 1 is 1.15 bits per heavy atom. The minimum atomic E-state index is -0.183. The molecule has 4 rings (SSSR count). The lowest BCUT2D eigenvalue weighted by atomic mass is 10.1. The van der Waals surface area contributed by atoms with Crippen LogP contribution in [0.3, 0.4) is 0 Å². The van der Waals surface area contributed by atoms with Crippen molar-refractivity contribution in [2.45, 2.75) is 6.92 Å². The lowest BCUT2D eigenvalue weighted by Crippen LogP contribution is -2.11. The maximum absolute atomic E-state index is 12.5. The van der Waals surface area contributed by atoms with Crippen LogP contribution in [0.25, 0.3) is 21.5 Å². The number of benzene rings is 2. The molecule has 26 heavy (non-hydrogen) atoms. The maximum Gasteiger partial charge on any atom is 0.257 e. The van der Waals surface area contributed by atoms with Crippen LogP contribution in [0.15, 0.2) is 47.3 Å². The number of carbonyl (C=O) groups is 1. The van der Waals surface area contributed by atoms with Gasteiger partial charge in [0, 0.05) is 16.5 Å². The largest absolute Gasteiger partial charge is 0.496 e. The van der Waals surface area contributed by atoms with Gasteiger partial charge in [-0.2, -0.15) is 0 Å². The van der Waals surface area contributed by atoms with E-state index >= 15 is 0 Å². The van der Waals surface area contributed by atoms with E-state index in [0.717, 1.165) is 32.8 Å². The van der Waals surface area contributed by atoms with Gasteiger partial charge < -0.3 is 4.74 Å². The third kappa shape index (κ3) is 3.18. The average Bonchev–Trinajstić information content (AvgIpc) is 3.30. The summed E-state index contributed by atoms with van der Waals surface area (Å²) in [6.45, 7) is 2.02. The monoisotopic (exact) mass is 381 g/mol. The Labute approximate surface area is 158 Å². The Morgan fingerprint density at radius 2 is 2.04 bits per heavy atom. The summed E-state index contributed by atoms with van der Waals surface area (Å²) in [5, 5.41) is 5.34. The second-order valence-corrected chi connectivity index (χ2v) is 7.48. The molecule has 0 aliphatic heterocycles. The van der Waals surface area contributed by atoms with Crippen molar-refractivity contribution in [3.63, 3.8) is 0 Å². The molecule has 0 saturated carbocycles. The van der Waals surface area contributed by atoms with Gasteiger partial charge in [0.25, 0.3) is 5.91 Å². The van der Waals surface area contributed by atoms with Gasteiger partial charge in [-0.05, 0) is 37.3 Å². The molecule has 130 valence electrons. The number of carbonyl (C=O) groups excluding carboxylic acids is 1. The number of nitrogens with zero attached hydrogens (tertiary/aromatic N) is 2. The second kappa shape index (κ2) is 6.86. The molecule has 0 aliphatic rings. The van der Waals surface area contributed by atoms with Crippen LogP contribution in [0, 0.1) is 6.92 Å². The number of anilines is 1.